The van der Waals surface area contributed by atoms with Gasteiger partial charge in [-0.3, -0.25) is 4.79 Å². The Balaban J connectivity index is 1.85. The minimum absolute atomic E-state index is 0.0856. The highest BCUT2D eigenvalue weighted by atomic mass is 19.4. The molecule has 0 radical (unpaired) electrons. The number of hydrogen-bond donors (Lipinski definition) is 1. The summed E-state index contributed by atoms with van der Waals surface area (Å²) in [6.45, 7) is 0.0856. The summed E-state index contributed by atoms with van der Waals surface area (Å²) in [5, 5.41) is 2.58. The average molecular weight is 359 g/mol. The Morgan fingerprint density at radius 3 is 2.58 bits per heavy atom. The van der Waals surface area contributed by atoms with E-state index in [1.54, 1.807) is 25.3 Å². The fourth-order valence-electron chi connectivity index (χ4n) is 2.00. The van der Waals surface area contributed by atoms with Gasteiger partial charge in [-0.05, 0) is 48.0 Å². The third-order valence-corrected chi connectivity index (χ3v) is 3.32. The number of methoxy groups -OCH3 is 1. The molecule has 26 heavy (non-hydrogen) atoms. The predicted octanol–water partition coefficient (Wildman–Crippen LogP) is 3.90. The largest absolute Gasteiger partial charge is 0.497 e. The van der Waals surface area contributed by atoms with Gasteiger partial charge < -0.3 is 10.1 Å². The fourth-order valence-corrected chi connectivity index (χ4v) is 2.00. The average Bonchev–Trinajstić information content (AvgIpc) is 2.63. The first-order chi connectivity index (χ1) is 12.4. The predicted molar refractivity (Wildman–Crippen MR) is 93.4 cm³/mol. The lowest BCUT2D eigenvalue weighted by Gasteiger charge is -2.05. The number of halogens is 3. The van der Waals surface area contributed by atoms with Crippen LogP contribution in [0.5, 0.6) is 5.75 Å². The van der Waals surface area contributed by atoms with Crippen LogP contribution in [-0.4, -0.2) is 19.6 Å². The minimum atomic E-state index is -4.37. The first kappa shape index (κ1) is 19.1. The van der Waals surface area contributed by atoms with Crippen molar-refractivity contribution >= 4 is 12.0 Å². The Labute approximate surface area is 149 Å². The van der Waals surface area contributed by atoms with Gasteiger partial charge in [-0.15, -0.1) is 0 Å². The molecule has 134 valence electrons. The Morgan fingerprint density at radius 2 is 1.92 bits per heavy atom. The van der Waals surface area contributed by atoms with E-state index in [1.165, 1.54) is 18.2 Å². The number of hydrogen-bond acceptors (Lipinski definition) is 2. The van der Waals surface area contributed by atoms with E-state index in [4.69, 9.17) is 4.74 Å². The Hall–Kier alpha value is -3.20. The molecular weight excluding hydrogens is 343 g/mol. The lowest BCUT2D eigenvalue weighted by molar-refractivity contribution is -0.137. The van der Waals surface area contributed by atoms with Gasteiger partial charge in [0.25, 0.3) is 0 Å². The second-order valence-electron chi connectivity index (χ2n) is 5.20. The summed E-state index contributed by atoms with van der Waals surface area (Å²) in [6, 6.07) is 11.8. The quantitative estimate of drug-likeness (QED) is 0.664. The Morgan fingerprint density at radius 1 is 1.19 bits per heavy atom. The van der Waals surface area contributed by atoms with Crippen LogP contribution in [0.25, 0.3) is 6.08 Å². The van der Waals surface area contributed by atoms with E-state index in [0.717, 1.165) is 17.7 Å². The number of ether oxygens (including phenoxy) is 1. The van der Waals surface area contributed by atoms with Crippen molar-refractivity contribution in [1.82, 2.24) is 5.32 Å². The molecule has 0 aliphatic rings. The molecule has 0 bridgehead atoms. The molecular formula is C20H16F3NO2. The third kappa shape index (κ3) is 6.02. The van der Waals surface area contributed by atoms with Crippen molar-refractivity contribution < 1.29 is 22.7 Å². The minimum Gasteiger partial charge on any atom is -0.497 e. The Kier molecular flexibility index (Phi) is 6.45. The molecule has 2 aromatic carbocycles. The van der Waals surface area contributed by atoms with E-state index in [0.29, 0.717) is 11.3 Å². The van der Waals surface area contributed by atoms with Crippen LogP contribution < -0.4 is 10.1 Å². The van der Waals surface area contributed by atoms with Crippen LogP contribution in [0.3, 0.4) is 0 Å². The standard InChI is InChI=1S/C20H16F3NO2/c1-26-18-6-2-4-16(14-18)9-12-19(25)24-13-3-5-15-7-10-17(11-8-15)20(21,22)23/h2,4,6-12,14H,13H2,1H3,(H,24,25)/b12-9+. The second kappa shape index (κ2) is 8.77. The van der Waals surface area contributed by atoms with E-state index in [-0.39, 0.29) is 12.5 Å². The van der Waals surface area contributed by atoms with Gasteiger partial charge in [0.05, 0.1) is 19.2 Å². The van der Waals surface area contributed by atoms with E-state index in [9.17, 15) is 18.0 Å². The summed E-state index contributed by atoms with van der Waals surface area (Å²) in [4.78, 5) is 11.7. The zero-order chi connectivity index (χ0) is 19.0. The van der Waals surface area contributed by atoms with Crippen molar-refractivity contribution in [2.45, 2.75) is 6.18 Å². The molecule has 1 amide bonds. The van der Waals surface area contributed by atoms with Gasteiger partial charge in [0.2, 0.25) is 5.91 Å². The van der Waals surface area contributed by atoms with Crippen molar-refractivity contribution in [2.75, 3.05) is 13.7 Å². The molecule has 0 aliphatic carbocycles. The summed E-state index contributed by atoms with van der Waals surface area (Å²) in [5.41, 5.74) is 0.536. The van der Waals surface area contributed by atoms with Crippen LogP contribution in [-0.2, 0) is 11.0 Å². The van der Waals surface area contributed by atoms with Gasteiger partial charge in [-0.1, -0.05) is 24.0 Å². The number of carbonyl (C=O) groups excluding carboxylic acids is 1. The summed E-state index contributed by atoms with van der Waals surface area (Å²) in [6.07, 6.45) is -1.36. The molecule has 6 heteroatoms. The number of nitrogens with one attached hydrogen (secondary N) is 1. The number of alkyl halides is 3. The van der Waals surface area contributed by atoms with Crippen molar-refractivity contribution in [3.05, 3.63) is 71.3 Å². The second-order valence-corrected chi connectivity index (χ2v) is 5.20. The third-order valence-electron chi connectivity index (χ3n) is 3.32. The van der Waals surface area contributed by atoms with Gasteiger partial charge in [-0.2, -0.15) is 13.2 Å². The summed E-state index contributed by atoms with van der Waals surface area (Å²) < 4.78 is 42.5. The van der Waals surface area contributed by atoms with Crippen LogP contribution >= 0.6 is 0 Å². The van der Waals surface area contributed by atoms with Gasteiger partial charge in [0.1, 0.15) is 5.75 Å². The smallest absolute Gasteiger partial charge is 0.416 e. The number of rotatable bonds is 4. The Bertz CT molecular complexity index is 844. The monoisotopic (exact) mass is 359 g/mol. The lowest BCUT2D eigenvalue weighted by Crippen LogP contribution is -2.20. The van der Waals surface area contributed by atoms with Crippen LogP contribution in [0.2, 0.25) is 0 Å². The first-order valence-electron chi connectivity index (χ1n) is 7.64. The summed E-state index contributed by atoms with van der Waals surface area (Å²) in [7, 11) is 1.56. The maximum atomic E-state index is 12.5. The van der Waals surface area contributed by atoms with E-state index >= 15 is 0 Å². The molecule has 0 saturated heterocycles. The topological polar surface area (TPSA) is 38.3 Å². The van der Waals surface area contributed by atoms with Crippen LogP contribution in [0.1, 0.15) is 16.7 Å². The number of amides is 1. The van der Waals surface area contributed by atoms with Crippen LogP contribution in [0.4, 0.5) is 13.2 Å². The first-order valence-corrected chi connectivity index (χ1v) is 7.64. The van der Waals surface area contributed by atoms with E-state index < -0.39 is 11.7 Å². The lowest BCUT2D eigenvalue weighted by atomic mass is 10.1. The van der Waals surface area contributed by atoms with Crippen LogP contribution in [0.15, 0.2) is 54.6 Å². The molecule has 1 N–H and O–H groups in total. The van der Waals surface area contributed by atoms with Gasteiger partial charge >= 0.3 is 6.18 Å². The number of benzene rings is 2. The zero-order valence-corrected chi connectivity index (χ0v) is 13.9. The SMILES string of the molecule is COc1cccc(/C=C/C(=O)NCC#Cc2ccc(C(F)(F)F)cc2)c1. The fraction of sp³-hybridized carbons (Fsp3) is 0.150. The van der Waals surface area contributed by atoms with Crippen molar-refractivity contribution in [2.24, 2.45) is 0 Å². The highest BCUT2D eigenvalue weighted by Crippen LogP contribution is 2.28. The number of carbonyl (C=O) groups is 1. The van der Waals surface area contributed by atoms with Crippen molar-refractivity contribution in [1.29, 1.82) is 0 Å². The molecule has 0 aliphatic heterocycles. The molecule has 0 saturated carbocycles. The highest BCUT2D eigenvalue weighted by Gasteiger charge is 2.29. The molecule has 0 unspecified atom stereocenters. The molecule has 3 nitrogen and oxygen atoms in total. The molecule has 0 heterocycles. The molecule has 2 aromatic rings. The van der Waals surface area contributed by atoms with Gasteiger partial charge in [0, 0.05) is 11.6 Å². The van der Waals surface area contributed by atoms with Crippen molar-refractivity contribution in [3.8, 4) is 17.6 Å². The maximum Gasteiger partial charge on any atom is 0.416 e. The van der Waals surface area contributed by atoms with E-state index in [2.05, 4.69) is 17.2 Å². The molecule has 0 atom stereocenters. The van der Waals surface area contributed by atoms with Crippen molar-refractivity contribution in [3.63, 3.8) is 0 Å². The zero-order valence-electron chi connectivity index (χ0n) is 13.9. The maximum absolute atomic E-state index is 12.5. The van der Waals surface area contributed by atoms with E-state index in [1.807, 2.05) is 12.1 Å². The van der Waals surface area contributed by atoms with Gasteiger partial charge in [-0.25, -0.2) is 0 Å². The normalized spacial score (nSPS) is 10.9. The van der Waals surface area contributed by atoms with Crippen LogP contribution in [0, 0.1) is 11.8 Å². The molecule has 0 aromatic heterocycles. The molecule has 0 fully saturated rings. The summed E-state index contributed by atoms with van der Waals surface area (Å²) >= 11 is 0. The summed E-state index contributed by atoms with van der Waals surface area (Å²) in [5.74, 6) is 5.75. The van der Waals surface area contributed by atoms with Gasteiger partial charge in [0.15, 0.2) is 0 Å². The highest BCUT2D eigenvalue weighted by molar-refractivity contribution is 5.91. The molecule has 0 spiro atoms. The molecule has 2 rings (SSSR count).